The number of rotatable bonds is 8. The Morgan fingerprint density at radius 3 is 2.65 bits per heavy atom. The van der Waals surface area contributed by atoms with Crippen LogP contribution in [0.25, 0.3) is 0 Å². The van der Waals surface area contributed by atoms with Gasteiger partial charge in [0.2, 0.25) is 5.91 Å². The van der Waals surface area contributed by atoms with Gasteiger partial charge in [0.25, 0.3) is 0 Å². The fraction of sp³-hybridized carbons (Fsp3) is 0.429. The summed E-state index contributed by atoms with van der Waals surface area (Å²) in [7, 11) is 0. The SMILES string of the molecule is CC(C)c1ccc(CN(CCC(=O)Nc2sccc2C#N)C2CC2)cc1. The molecule has 4 nitrogen and oxygen atoms in total. The standard InChI is InChI=1S/C21H25N3OS/c1-15(2)17-5-3-16(4-6-17)14-24(19-7-8-19)11-9-20(25)23-21-18(13-22)10-12-26-21/h3-6,10,12,15,19H,7-9,11,14H2,1-2H3,(H,23,25). The minimum atomic E-state index is -0.0234. The van der Waals surface area contributed by atoms with E-state index in [1.165, 1.54) is 35.3 Å². The van der Waals surface area contributed by atoms with Crippen molar-refractivity contribution in [3.05, 3.63) is 52.4 Å². The Morgan fingerprint density at radius 2 is 2.04 bits per heavy atom. The zero-order valence-electron chi connectivity index (χ0n) is 15.4. The van der Waals surface area contributed by atoms with Gasteiger partial charge in [0.1, 0.15) is 11.1 Å². The van der Waals surface area contributed by atoms with E-state index in [0.717, 1.165) is 13.1 Å². The normalized spacial score (nSPS) is 13.8. The highest BCUT2D eigenvalue weighted by atomic mass is 32.1. The first-order valence-electron chi connectivity index (χ1n) is 9.17. The topological polar surface area (TPSA) is 56.1 Å². The fourth-order valence-electron chi connectivity index (χ4n) is 3.00. The molecule has 1 aromatic heterocycles. The second kappa shape index (κ2) is 8.48. The van der Waals surface area contributed by atoms with Gasteiger partial charge in [0.15, 0.2) is 0 Å². The molecule has 26 heavy (non-hydrogen) atoms. The molecule has 1 fully saturated rings. The molecule has 1 aliphatic rings. The van der Waals surface area contributed by atoms with Crippen LogP contribution in [0.5, 0.6) is 0 Å². The third-order valence-electron chi connectivity index (χ3n) is 4.76. The summed E-state index contributed by atoms with van der Waals surface area (Å²) >= 11 is 1.39. The molecule has 0 unspecified atom stereocenters. The smallest absolute Gasteiger partial charge is 0.226 e. The largest absolute Gasteiger partial charge is 0.317 e. The molecule has 1 aliphatic carbocycles. The molecule has 0 atom stereocenters. The molecule has 1 aromatic carbocycles. The molecular formula is C21H25N3OS. The molecule has 1 N–H and O–H groups in total. The van der Waals surface area contributed by atoms with E-state index in [2.05, 4.69) is 54.4 Å². The Bertz CT molecular complexity index is 784. The highest BCUT2D eigenvalue weighted by Gasteiger charge is 2.29. The number of carbonyl (C=O) groups is 1. The van der Waals surface area contributed by atoms with Crippen LogP contribution in [0.1, 0.15) is 55.7 Å². The molecular weight excluding hydrogens is 342 g/mol. The van der Waals surface area contributed by atoms with E-state index in [-0.39, 0.29) is 5.91 Å². The van der Waals surface area contributed by atoms with Crippen molar-refractivity contribution in [1.29, 1.82) is 5.26 Å². The van der Waals surface area contributed by atoms with E-state index in [9.17, 15) is 4.79 Å². The van der Waals surface area contributed by atoms with Gasteiger partial charge < -0.3 is 5.32 Å². The van der Waals surface area contributed by atoms with E-state index in [4.69, 9.17) is 5.26 Å². The highest BCUT2D eigenvalue weighted by Crippen LogP contribution is 2.29. The van der Waals surface area contributed by atoms with Crippen molar-refractivity contribution < 1.29 is 4.79 Å². The van der Waals surface area contributed by atoms with Crippen LogP contribution in [0.4, 0.5) is 5.00 Å². The summed E-state index contributed by atoms with van der Waals surface area (Å²) in [5, 5.41) is 14.4. The highest BCUT2D eigenvalue weighted by molar-refractivity contribution is 7.14. The third kappa shape index (κ3) is 4.94. The molecule has 0 bridgehead atoms. The van der Waals surface area contributed by atoms with E-state index in [1.807, 2.05) is 5.38 Å². The Labute approximate surface area is 159 Å². The molecule has 0 saturated heterocycles. The fourth-order valence-corrected chi connectivity index (χ4v) is 3.75. The quantitative estimate of drug-likeness (QED) is 0.733. The van der Waals surface area contributed by atoms with Crippen molar-refractivity contribution in [2.75, 3.05) is 11.9 Å². The summed E-state index contributed by atoms with van der Waals surface area (Å²) in [6.45, 7) is 6.04. The number of anilines is 1. The van der Waals surface area contributed by atoms with Gasteiger partial charge in [-0.05, 0) is 41.3 Å². The van der Waals surface area contributed by atoms with Gasteiger partial charge in [-0.2, -0.15) is 5.26 Å². The molecule has 1 saturated carbocycles. The number of nitrogens with zero attached hydrogens (tertiary/aromatic N) is 2. The first kappa shape index (κ1) is 18.6. The monoisotopic (exact) mass is 367 g/mol. The summed E-state index contributed by atoms with van der Waals surface area (Å²) in [6.07, 6.45) is 2.88. The predicted octanol–water partition coefficient (Wildman–Crippen LogP) is 4.74. The molecule has 0 spiro atoms. The van der Waals surface area contributed by atoms with Crippen LogP contribution in [0.15, 0.2) is 35.7 Å². The number of nitrogens with one attached hydrogen (secondary N) is 1. The molecule has 0 aliphatic heterocycles. The lowest BCUT2D eigenvalue weighted by Crippen LogP contribution is -2.29. The van der Waals surface area contributed by atoms with E-state index in [1.54, 1.807) is 6.07 Å². The van der Waals surface area contributed by atoms with Crippen molar-refractivity contribution in [3.63, 3.8) is 0 Å². The van der Waals surface area contributed by atoms with E-state index < -0.39 is 0 Å². The minimum absolute atomic E-state index is 0.0234. The molecule has 1 amide bonds. The molecule has 1 heterocycles. The number of benzene rings is 1. The first-order chi connectivity index (χ1) is 12.6. The molecule has 5 heteroatoms. The number of nitriles is 1. The second-order valence-electron chi connectivity index (χ2n) is 7.17. The minimum Gasteiger partial charge on any atom is -0.317 e. The molecule has 3 rings (SSSR count). The zero-order chi connectivity index (χ0) is 18.5. The van der Waals surface area contributed by atoms with Crippen molar-refractivity contribution in [1.82, 2.24) is 4.90 Å². The number of hydrogen-bond donors (Lipinski definition) is 1. The van der Waals surface area contributed by atoms with Crippen molar-refractivity contribution in [2.24, 2.45) is 0 Å². The van der Waals surface area contributed by atoms with Crippen LogP contribution in [0.3, 0.4) is 0 Å². The van der Waals surface area contributed by atoms with Gasteiger partial charge in [-0.25, -0.2) is 0 Å². The number of carbonyl (C=O) groups excluding carboxylic acids is 1. The van der Waals surface area contributed by atoms with Crippen LogP contribution >= 0.6 is 11.3 Å². The van der Waals surface area contributed by atoms with Gasteiger partial charge in [-0.15, -0.1) is 11.3 Å². The zero-order valence-corrected chi connectivity index (χ0v) is 16.2. The lowest BCUT2D eigenvalue weighted by atomic mass is 10.0. The van der Waals surface area contributed by atoms with Gasteiger partial charge in [0, 0.05) is 25.6 Å². The number of hydrogen-bond acceptors (Lipinski definition) is 4. The summed E-state index contributed by atoms with van der Waals surface area (Å²) in [4.78, 5) is 14.7. The lowest BCUT2D eigenvalue weighted by Gasteiger charge is -2.22. The van der Waals surface area contributed by atoms with Crippen molar-refractivity contribution >= 4 is 22.2 Å². The van der Waals surface area contributed by atoms with E-state index >= 15 is 0 Å². The van der Waals surface area contributed by atoms with E-state index in [0.29, 0.717) is 28.9 Å². The summed E-state index contributed by atoms with van der Waals surface area (Å²) in [6, 6.07) is 13.3. The Balaban J connectivity index is 1.54. The van der Waals surface area contributed by atoms with Crippen molar-refractivity contribution in [3.8, 4) is 6.07 Å². The third-order valence-corrected chi connectivity index (χ3v) is 5.59. The molecule has 0 radical (unpaired) electrons. The first-order valence-corrected chi connectivity index (χ1v) is 10.0. The Hall–Kier alpha value is -2.16. The van der Waals surface area contributed by atoms with Crippen LogP contribution in [0, 0.1) is 11.3 Å². The second-order valence-corrected chi connectivity index (χ2v) is 8.09. The maximum Gasteiger partial charge on any atom is 0.226 e. The average Bonchev–Trinajstić information content (AvgIpc) is 3.38. The van der Waals surface area contributed by atoms with Crippen LogP contribution < -0.4 is 5.32 Å². The van der Waals surface area contributed by atoms with Gasteiger partial charge in [-0.1, -0.05) is 38.1 Å². The average molecular weight is 368 g/mol. The number of amides is 1. The Kier molecular flexibility index (Phi) is 6.08. The summed E-state index contributed by atoms with van der Waals surface area (Å²) in [5.74, 6) is 0.521. The summed E-state index contributed by atoms with van der Waals surface area (Å²) < 4.78 is 0. The van der Waals surface area contributed by atoms with Crippen LogP contribution in [-0.4, -0.2) is 23.4 Å². The van der Waals surface area contributed by atoms with Crippen LogP contribution in [-0.2, 0) is 11.3 Å². The van der Waals surface area contributed by atoms with Gasteiger partial charge in [-0.3, -0.25) is 9.69 Å². The van der Waals surface area contributed by atoms with Crippen molar-refractivity contribution in [2.45, 2.75) is 51.6 Å². The summed E-state index contributed by atoms with van der Waals surface area (Å²) in [5.41, 5.74) is 3.19. The lowest BCUT2D eigenvalue weighted by molar-refractivity contribution is -0.116. The molecule has 2 aromatic rings. The predicted molar refractivity (Wildman–Crippen MR) is 106 cm³/mol. The number of thiophene rings is 1. The molecule has 136 valence electrons. The van der Waals surface area contributed by atoms with Gasteiger partial charge >= 0.3 is 0 Å². The maximum absolute atomic E-state index is 12.3. The maximum atomic E-state index is 12.3. The Morgan fingerprint density at radius 1 is 1.31 bits per heavy atom. The van der Waals surface area contributed by atoms with Crippen LogP contribution in [0.2, 0.25) is 0 Å². The van der Waals surface area contributed by atoms with Gasteiger partial charge in [0.05, 0.1) is 5.56 Å².